The van der Waals surface area contributed by atoms with Crippen molar-refractivity contribution in [3.8, 4) is 17.3 Å². The first-order valence-electron chi connectivity index (χ1n) is 11.8. The number of carbonyl (C=O) groups is 1. The van der Waals surface area contributed by atoms with Gasteiger partial charge in [0, 0.05) is 22.7 Å². The van der Waals surface area contributed by atoms with Gasteiger partial charge in [-0.3, -0.25) is 9.59 Å². The topological polar surface area (TPSA) is 65.3 Å². The number of hydrogen-bond donors (Lipinski definition) is 1. The normalized spacial score (nSPS) is 12.0. The second kappa shape index (κ2) is 9.47. The van der Waals surface area contributed by atoms with E-state index in [0.29, 0.717) is 34.3 Å². The van der Waals surface area contributed by atoms with Gasteiger partial charge in [0.25, 0.3) is 5.56 Å². The fraction of sp³-hybridized carbons (Fsp3) is 0.214. The molecule has 0 radical (unpaired) electrons. The van der Waals surface area contributed by atoms with E-state index in [2.05, 4.69) is 12.2 Å². The van der Waals surface area contributed by atoms with Crippen LogP contribution >= 0.6 is 11.6 Å². The second-order valence-electron chi connectivity index (χ2n) is 8.57. The second-order valence-corrected chi connectivity index (χ2v) is 9.00. The van der Waals surface area contributed by atoms with Crippen LogP contribution in [0.15, 0.2) is 71.5 Å². The van der Waals surface area contributed by atoms with E-state index < -0.39 is 0 Å². The van der Waals surface area contributed by atoms with Crippen LogP contribution in [0.4, 0.5) is 5.69 Å². The lowest BCUT2D eigenvalue weighted by atomic mass is 10.0. The molecule has 35 heavy (non-hydrogen) atoms. The van der Waals surface area contributed by atoms with E-state index in [0.717, 1.165) is 35.2 Å². The van der Waals surface area contributed by atoms with E-state index in [1.54, 1.807) is 16.8 Å². The van der Waals surface area contributed by atoms with Gasteiger partial charge in [-0.05, 0) is 60.4 Å². The number of benzene rings is 3. The summed E-state index contributed by atoms with van der Waals surface area (Å²) in [5.74, 6) is 0.766. The van der Waals surface area contributed by atoms with Crippen molar-refractivity contribution in [3.05, 3.63) is 104 Å². The number of hydrogen-bond acceptors (Lipinski definition) is 3. The zero-order valence-electron chi connectivity index (χ0n) is 19.7. The predicted molar refractivity (Wildman–Crippen MR) is 138 cm³/mol. The van der Waals surface area contributed by atoms with Gasteiger partial charge < -0.3 is 10.1 Å². The van der Waals surface area contributed by atoms with Gasteiger partial charge in [0.15, 0.2) is 0 Å². The maximum Gasteiger partial charge on any atom is 0.278 e. The van der Waals surface area contributed by atoms with Crippen molar-refractivity contribution >= 4 is 23.2 Å². The largest absolute Gasteiger partial charge is 0.439 e. The van der Waals surface area contributed by atoms with Crippen LogP contribution in [0, 0.1) is 0 Å². The first-order valence-corrected chi connectivity index (χ1v) is 12.1. The molecule has 4 aromatic rings. The van der Waals surface area contributed by atoms with E-state index in [-0.39, 0.29) is 18.0 Å². The molecule has 2 heterocycles. The molecule has 1 aromatic heterocycles. The van der Waals surface area contributed by atoms with E-state index in [4.69, 9.17) is 16.3 Å². The number of carbonyl (C=O) groups excluding carboxylic acids is 1. The van der Waals surface area contributed by atoms with E-state index in [9.17, 15) is 9.59 Å². The quantitative estimate of drug-likeness (QED) is 0.331. The molecule has 0 unspecified atom stereocenters. The Morgan fingerprint density at radius 3 is 2.54 bits per heavy atom. The van der Waals surface area contributed by atoms with Gasteiger partial charge in [-0.15, -0.1) is 0 Å². The molecule has 0 fully saturated rings. The average molecular weight is 488 g/mol. The van der Waals surface area contributed by atoms with Gasteiger partial charge in [0.05, 0.1) is 11.3 Å². The Morgan fingerprint density at radius 2 is 1.80 bits per heavy atom. The van der Waals surface area contributed by atoms with Gasteiger partial charge >= 0.3 is 0 Å². The standard InChI is InChI=1S/C28H26ClN3O3/c1-3-18-9-12-22(13-10-18)32-27(34)23-16-20-15-21(29)11-14-25(20)35-28(23)31(32)17-26(33)30-24-8-6-5-7-19(24)4-2/h5-15H,3-4,16-17H2,1-2H3,(H,30,33). The van der Waals surface area contributed by atoms with Crippen LogP contribution in [0.25, 0.3) is 5.69 Å². The van der Waals surface area contributed by atoms with Crippen LogP contribution in [0.1, 0.15) is 36.1 Å². The summed E-state index contributed by atoms with van der Waals surface area (Å²) in [5.41, 5.74) is 4.78. The first kappa shape index (κ1) is 23.0. The number of fused-ring (bicyclic) bond motifs is 2. The molecule has 5 rings (SSSR count). The highest BCUT2D eigenvalue weighted by molar-refractivity contribution is 6.30. The fourth-order valence-electron chi connectivity index (χ4n) is 4.47. The summed E-state index contributed by atoms with van der Waals surface area (Å²) in [5, 5.41) is 3.58. The molecule has 0 saturated heterocycles. The lowest BCUT2D eigenvalue weighted by Crippen LogP contribution is -2.27. The van der Waals surface area contributed by atoms with E-state index >= 15 is 0 Å². The fourth-order valence-corrected chi connectivity index (χ4v) is 4.66. The third-order valence-electron chi connectivity index (χ3n) is 6.34. The van der Waals surface area contributed by atoms with Crippen LogP contribution in [-0.2, 0) is 30.6 Å². The Morgan fingerprint density at radius 1 is 1.03 bits per heavy atom. The smallest absolute Gasteiger partial charge is 0.278 e. The number of amides is 1. The molecule has 178 valence electrons. The minimum Gasteiger partial charge on any atom is -0.439 e. The van der Waals surface area contributed by atoms with Crippen molar-refractivity contribution in [2.75, 3.05) is 5.32 Å². The van der Waals surface area contributed by atoms with Gasteiger partial charge in [-0.1, -0.05) is 55.8 Å². The molecule has 3 aromatic carbocycles. The van der Waals surface area contributed by atoms with Crippen molar-refractivity contribution in [1.29, 1.82) is 0 Å². The summed E-state index contributed by atoms with van der Waals surface area (Å²) in [4.78, 5) is 26.8. The predicted octanol–water partition coefficient (Wildman–Crippen LogP) is 5.75. The molecule has 0 atom stereocenters. The third kappa shape index (κ3) is 4.37. The lowest BCUT2D eigenvalue weighted by molar-refractivity contribution is -0.117. The molecule has 7 heteroatoms. The molecular weight excluding hydrogens is 462 g/mol. The maximum absolute atomic E-state index is 13.6. The number of ether oxygens (including phenoxy) is 1. The number of aryl methyl sites for hydroxylation is 2. The molecule has 1 N–H and O–H groups in total. The number of rotatable bonds is 6. The van der Waals surface area contributed by atoms with Crippen molar-refractivity contribution in [2.24, 2.45) is 0 Å². The molecule has 1 aliphatic heterocycles. The summed E-state index contributed by atoms with van der Waals surface area (Å²) in [6.45, 7) is 4.04. The van der Waals surface area contributed by atoms with Crippen molar-refractivity contribution in [3.63, 3.8) is 0 Å². The van der Waals surface area contributed by atoms with E-state index in [1.807, 2.05) is 61.5 Å². The van der Waals surface area contributed by atoms with Crippen molar-refractivity contribution < 1.29 is 9.53 Å². The summed E-state index contributed by atoms with van der Waals surface area (Å²) in [6, 6.07) is 20.9. The molecule has 0 aliphatic carbocycles. The Hall–Kier alpha value is -3.77. The third-order valence-corrected chi connectivity index (χ3v) is 6.57. The number of halogens is 1. The SMILES string of the molecule is CCc1ccc(-n2c(=O)c3c(n2CC(=O)Nc2ccccc2CC)Oc2ccc(Cl)cc2C3)cc1. The molecule has 1 aliphatic rings. The Balaban J connectivity index is 1.58. The van der Waals surface area contributed by atoms with Gasteiger partial charge in [0.1, 0.15) is 12.3 Å². The van der Waals surface area contributed by atoms with Crippen LogP contribution in [0.3, 0.4) is 0 Å². The zero-order chi connectivity index (χ0) is 24.5. The maximum atomic E-state index is 13.6. The summed E-state index contributed by atoms with van der Waals surface area (Å²) in [7, 11) is 0. The molecule has 0 saturated carbocycles. The van der Waals surface area contributed by atoms with Crippen LogP contribution in [0.2, 0.25) is 5.02 Å². The number of nitrogens with one attached hydrogen (secondary N) is 1. The number of nitrogens with zero attached hydrogens (tertiary/aromatic N) is 2. The Bertz CT molecular complexity index is 1470. The first-order chi connectivity index (χ1) is 17.0. The minimum atomic E-state index is -0.242. The number of aromatic nitrogens is 2. The summed E-state index contributed by atoms with van der Waals surface area (Å²) in [6.07, 6.45) is 2.07. The molecule has 0 spiro atoms. The molecule has 1 amide bonds. The molecule has 6 nitrogen and oxygen atoms in total. The zero-order valence-corrected chi connectivity index (χ0v) is 20.4. The highest BCUT2D eigenvalue weighted by Crippen LogP contribution is 2.37. The van der Waals surface area contributed by atoms with Crippen LogP contribution in [-0.4, -0.2) is 15.3 Å². The van der Waals surface area contributed by atoms with Crippen LogP contribution in [0.5, 0.6) is 11.6 Å². The average Bonchev–Trinajstić information content (AvgIpc) is 3.13. The van der Waals surface area contributed by atoms with Gasteiger partial charge in [0.2, 0.25) is 11.8 Å². The van der Waals surface area contributed by atoms with Crippen molar-refractivity contribution in [1.82, 2.24) is 9.36 Å². The van der Waals surface area contributed by atoms with Gasteiger partial charge in [-0.25, -0.2) is 9.36 Å². The highest BCUT2D eigenvalue weighted by Gasteiger charge is 2.29. The van der Waals surface area contributed by atoms with Gasteiger partial charge in [-0.2, -0.15) is 0 Å². The summed E-state index contributed by atoms with van der Waals surface area (Å²) < 4.78 is 9.35. The Kier molecular flexibility index (Phi) is 6.22. The lowest BCUT2D eigenvalue weighted by Gasteiger charge is -2.20. The van der Waals surface area contributed by atoms with E-state index in [1.165, 1.54) is 4.68 Å². The van der Waals surface area contributed by atoms with Crippen LogP contribution < -0.4 is 15.6 Å². The highest BCUT2D eigenvalue weighted by atomic mass is 35.5. The minimum absolute atomic E-state index is 0.0823. The summed E-state index contributed by atoms with van der Waals surface area (Å²) >= 11 is 6.18. The number of para-hydroxylation sites is 1. The number of anilines is 1. The molecule has 0 bridgehead atoms. The van der Waals surface area contributed by atoms with Crippen molar-refractivity contribution in [2.45, 2.75) is 39.7 Å². The monoisotopic (exact) mass is 487 g/mol. The molecular formula is C28H26ClN3O3. The Labute approximate surface area is 208 Å².